The first-order valence-electron chi connectivity index (χ1n) is 6.80. The van der Waals surface area contributed by atoms with Gasteiger partial charge in [0.05, 0.1) is 23.0 Å². The van der Waals surface area contributed by atoms with Crippen LogP contribution in [0.2, 0.25) is 0 Å². The summed E-state index contributed by atoms with van der Waals surface area (Å²) in [5.41, 5.74) is 0.955. The number of hydrogen-bond donors (Lipinski definition) is 2. The minimum absolute atomic E-state index is 0.247. The molecule has 1 aromatic heterocycles. The summed E-state index contributed by atoms with van der Waals surface area (Å²) in [7, 11) is 0. The van der Waals surface area contributed by atoms with E-state index in [0.717, 1.165) is 10.9 Å². The molecule has 1 amide bonds. The van der Waals surface area contributed by atoms with Gasteiger partial charge in [-0.05, 0) is 29.7 Å². The predicted molar refractivity (Wildman–Crippen MR) is 78.8 cm³/mol. The molecule has 5 nitrogen and oxygen atoms in total. The van der Waals surface area contributed by atoms with Gasteiger partial charge in [-0.25, -0.2) is 0 Å². The molecule has 2 N–H and O–H groups in total. The van der Waals surface area contributed by atoms with Crippen LogP contribution in [0.3, 0.4) is 0 Å². The number of carbonyl (C=O) groups excluding carboxylic acids is 1. The quantitative estimate of drug-likeness (QED) is 0.907. The SMILES string of the molecule is CC1(C)[C@H](C(=O)Nc2cccc3ncccc23)[C@@H]1C(=O)O. The van der Waals surface area contributed by atoms with E-state index >= 15 is 0 Å². The summed E-state index contributed by atoms with van der Waals surface area (Å²) in [6.07, 6.45) is 1.69. The highest BCUT2D eigenvalue weighted by Gasteiger charge is 2.65. The number of fused-ring (bicyclic) bond motifs is 1. The molecule has 0 radical (unpaired) electrons. The van der Waals surface area contributed by atoms with Crippen LogP contribution in [0.1, 0.15) is 13.8 Å². The van der Waals surface area contributed by atoms with Crippen LogP contribution < -0.4 is 5.32 Å². The summed E-state index contributed by atoms with van der Waals surface area (Å²) in [6.45, 7) is 3.61. The molecule has 0 aliphatic heterocycles. The first kappa shape index (κ1) is 13.5. The number of anilines is 1. The molecule has 0 unspecified atom stereocenters. The number of carboxylic acid groups (broad SMARTS) is 1. The van der Waals surface area contributed by atoms with Gasteiger partial charge in [0, 0.05) is 11.6 Å². The predicted octanol–water partition coefficient (Wildman–Crippen LogP) is 2.53. The Balaban J connectivity index is 1.87. The lowest BCUT2D eigenvalue weighted by Crippen LogP contribution is -2.18. The maximum atomic E-state index is 12.4. The molecule has 0 spiro atoms. The molecule has 2 aromatic rings. The Morgan fingerprint density at radius 2 is 1.95 bits per heavy atom. The van der Waals surface area contributed by atoms with Crippen LogP contribution in [0.25, 0.3) is 10.9 Å². The number of nitrogens with one attached hydrogen (secondary N) is 1. The van der Waals surface area contributed by atoms with Crippen molar-refractivity contribution in [2.24, 2.45) is 17.3 Å². The van der Waals surface area contributed by atoms with E-state index in [-0.39, 0.29) is 5.91 Å². The second-order valence-corrected chi connectivity index (χ2v) is 5.98. The van der Waals surface area contributed by atoms with Gasteiger partial charge in [-0.3, -0.25) is 14.6 Å². The van der Waals surface area contributed by atoms with Crippen LogP contribution in [0, 0.1) is 17.3 Å². The highest BCUT2D eigenvalue weighted by atomic mass is 16.4. The number of carbonyl (C=O) groups is 2. The van der Waals surface area contributed by atoms with E-state index in [4.69, 9.17) is 5.11 Å². The van der Waals surface area contributed by atoms with Gasteiger partial charge in [0.1, 0.15) is 0 Å². The normalized spacial score (nSPS) is 22.8. The van der Waals surface area contributed by atoms with Crippen LogP contribution in [0.15, 0.2) is 36.5 Å². The third-order valence-electron chi connectivity index (χ3n) is 4.28. The molecule has 1 heterocycles. The van der Waals surface area contributed by atoms with Crippen LogP contribution in [0.4, 0.5) is 5.69 Å². The van der Waals surface area contributed by atoms with E-state index < -0.39 is 23.2 Å². The van der Waals surface area contributed by atoms with Crippen molar-refractivity contribution in [3.8, 4) is 0 Å². The number of hydrogen-bond acceptors (Lipinski definition) is 3. The number of benzene rings is 1. The summed E-state index contributed by atoms with van der Waals surface area (Å²) in [4.78, 5) is 27.8. The lowest BCUT2D eigenvalue weighted by Gasteiger charge is -2.08. The van der Waals surface area contributed by atoms with E-state index in [1.54, 1.807) is 32.2 Å². The van der Waals surface area contributed by atoms with Crippen molar-refractivity contribution in [3.63, 3.8) is 0 Å². The Labute approximate surface area is 122 Å². The van der Waals surface area contributed by atoms with Gasteiger partial charge in [-0.2, -0.15) is 0 Å². The van der Waals surface area contributed by atoms with Crippen LogP contribution in [-0.2, 0) is 9.59 Å². The molecule has 1 fully saturated rings. The number of pyridine rings is 1. The number of amides is 1. The van der Waals surface area contributed by atoms with E-state index in [1.807, 2.05) is 18.2 Å². The monoisotopic (exact) mass is 284 g/mol. The van der Waals surface area contributed by atoms with Crippen molar-refractivity contribution in [2.75, 3.05) is 5.32 Å². The zero-order chi connectivity index (χ0) is 15.2. The molecule has 0 saturated heterocycles. The summed E-state index contributed by atoms with van der Waals surface area (Å²) in [5, 5.41) is 12.8. The number of nitrogens with zero attached hydrogens (tertiary/aromatic N) is 1. The second-order valence-electron chi connectivity index (χ2n) is 5.98. The fourth-order valence-corrected chi connectivity index (χ4v) is 3.01. The maximum Gasteiger partial charge on any atom is 0.307 e. The Morgan fingerprint density at radius 1 is 1.19 bits per heavy atom. The van der Waals surface area contributed by atoms with E-state index in [9.17, 15) is 9.59 Å². The van der Waals surface area contributed by atoms with Gasteiger partial charge in [-0.1, -0.05) is 19.9 Å². The molecular weight excluding hydrogens is 268 g/mol. The average Bonchev–Trinajstić information content (AvgIpc) is 3.02. The van der Waals surface area contributed by atoms with E-state index in [2.05, 4.69) is 10.3 Å². The standard InChI is InChI=1S/C16H16N2O3/c1-16(2)12(13(16)15(20)21)14(19)18-11-7-3-6-10-9(11)5-4-8-17-10/h3-8,12-13H,1-2H3,(H,18,19)(H,20,21)/t12-,13+/m0/s1. The molecule has 2 atom stereocenters. The zero-order valence-electron chi connectivity index (χ0n) is 11.8. The number of rotatable bonds is 3. The van der Waals surface area contributed by atoms with Crippen LogP contribution in [-0.4, -0.2) is 22.0 Å². The van der Waals surface area contributed by atoms with Gasteiger partial charge in [0.2, 0.25) is 5.91 Å². The largest absolute Gasteiger partial charge is 0.481 e. The Bertz CT molecular complexity index is 734. The molecule has 3 rings (SSSR count). The number of aliphatic carboxylic acids is 1. The number of aromatic nitrogens is 1. The molecule has 1 saturated carbocycles. The lowest BCUT2D eigenvalue weighted by molar-refractivity contribution is -0.140. The third-order valence-corrected chi connectivity index (χ3v) is 4.28. The molecule has 1 aliphatic rings. The van der Waals surface area contributed by atoms with Crippen molar-refractivity contribution in [1.82, 2.24) is 4.98 Å². The summed E-state index contributed by atoms with van der Waals surface area (Å²) in [5.74, 6) is -2.28. The Kier molecular flexibility index (Phi) is 2.93. The summed E-state index contributed by atoms with van der Waals surface area (Å²) < 4.78 is 0. The Morgan fingerprint density at radius 3 is 2.62 bits per heavy atom. The fraction of sp³-hybridized carbons (Fsp3) is 0.312. The topological polar surface area (TPSA) is 79.3 Å². The second kappa shape index (κ2) is 4.55. The van der Waals surface area contributed by atoms with Crippen molar-refractivity contribution < 1.29 is 14.7 Å². The molecule has 5 heteroatoms. The highest BCUT2D eigenvalue weighted by Crippen LogP contribution is 2.58. The molecule has 0 bridgehead atoms. The van der Waals surface area contributed by atoms with Crippen molar-refractivity contribution in [1.29, 1.82) is 0 Å². The molecule has 1 aromatic carbocycles. The third kappa shape index (κ3) is 2.14. The van der Waals surface area contributed by atoms with E-state index in [0.29, 0.717) is 5.69 Å². The van der Waals surface area contributed by atoms with E-state index in [1.165, 1.54) is 0 Å². The minimum Gasteiger partial charge on any atom is -0.481 e. The average molecular weight is 284 g/mol. The van der Waals surface area contributed by atoms with Gasteiger partial charge in [-0.15, -0.1) is 0 Å². The van der Waals surface area contributed by atoms with Crippen molar-refractivity contribution in [3.05, 3.63) is 36.5 Å². The van der Waals surface area contributed by atoms with Crippen molar-refractivity contribution in [2.45, 2.75) is 13.8 Å². The van der Waals surface area contributed by atoms with Crippen molar-refractivity contribution >= 4 is 28.5 Å². The van der Waals surface area contributed by atoms with Crippen LogP contribution >= 0.6 is 0 Å². The molecule has 108 valence electrons. The smallest absolute Gasteiger partial charge is 0.307 e. The molecule has 21 heavy (non-hydrogen) atoms. The zero-order valence-corrected chi connectivity index (χ0v) is 11.8. The highest BCUT2D eigenvalue weighted by molar-refractivity contribution is 6.05. The maximum absolute atomic E-state index is 12.4. The van der Waals surface area contributed by atoms with Gasteiger partial charge in [0.25, 0.3) is 0 Å². The first-order valence-corrected chi connectivity index (χ1v) is 6.80. The van der Waals surface area contributed by atoms with Gasteiger partial charge < -0.3 is 10.4 Å². The molecular formula is C16H16N2O3. The van der Waals surface area contributed by atoms with Crippen LogP contribution in [0.5, 0.6) is 0 Å². The van der Waals surface area contributed by atoms with Gasteiger partial charge in [0.15, 0.2) is 0 Å². The first-order chi connectivity index (χ1) is 9.93. The van der Waals surface area contributed by atoms with Gasteiger partial charge >= 0.3 is 5.97 Å². The summed E-state index contributed by atoms with van der Waals surface area (Å²) in [6, 6.07) is 9.17. The molecule has 1 aliphatic carbocycles. The number of carboxylic acids is 1. The minimum atomic E-state index is -0.917. The summed E-state index contributed by atoms with van der Waals surface area (Å²) >= 11 is 0. The fourth-order valence-electron chi connectivity index (χ4n) is 3.01. The Hall–Kier alpha value is -2.43. The lowest BCUT2D eigenvalue weighted by atomic mass is 10.1.